The molecule has 0 radical (unpaired) electrons. The number of fused-ring (bicyclic) bond motifs is 1. The molecular formula is C11H18O4. The first kappa shape index (κ1) is 10.9. The monoisotopic (exact) mass is 214 g/mol. The van der Waals surface area contributed by atoms with Crippen LogP contribution in [0.1, 0.15) is 26.2 Å². The first-order valence-corrected chi connectivity index (χ1v) is 5.71. The van der Waals surface area contributed by atoms with Gasteiger partial charge >= 0.3 is 5.97 Å². The molecule has 3 atom stereocenters. The number of ether oxygens (including phenoxy) is 3. The fourth-order valence-corrected chi connectivity index (χ4v) is 2.08. The summed E-state index contributed by atoms with van der Waals surface area (Å²) in [7, 11) is 0. The van der Waals surface area contributed by atoms with Crippen molar-refractivity contribution in [3.05, 3.63) is 0 Å². The van der Waals surface area contributed by atoms with E-state index in [1.807, 2.05) is 6.92 Å². The van der Waals surface area contributed by atoms with Gasteiger partial charge in [0.05, 0.1) is 24.7 Å². The number of hydrogen-bond donors (Lipinski definition) is 0. The van der Waals surface area contributed by atoms with Crippen molar-refractivity contribution in [1.29, 1.82) is 0 Å². The van der Waals surface area contributed by atoms with E-state index in [1.54, 1.807) is 0 Å². The lowest BCUT2D eigenvalue weighted by molar-refractivity contribution is -0.150. The number of rotatable bonds is 5. The van der Waals surface area contributed by atoms with E-state index in [0.29, 0.717) is 32.0 Å². The summed E-state index contributed by atoms with van der Waals surface area (Å²) in [5.41, 5.74) is 0. The first-order valence-electron chi connectivity index (χ1n) is 5.71. The summed E-state index contributed by atoms with van der Waals surface area (Å²) in [4.78, 5) is 11.6. The molecule has 15 heavy (non-hydrogen) atoms. The largest absolute Gasteiger partial charge is 0.463 e. The van der Waals surface area contributed by atoms with Gasteiger partial charge in [-0.3, -0.25) is 4.79 Å². The highest BCUT2D eigenvalue weighted by Crippen LogP contribution is 2.39. The van der Waals surface area contributed by atoms with E-state index in [-0.39, 0.29) is 11.9 Å². The average molecular weight is 214 g/mol. The molecule has 0 N–H and O–H groups in total. The van der Waals surface area contributed by atoms with Gasteiger partial charge in [0.1, 0.15) is 6.61 Å². The molecule has 0 aromatic rings. The summed E-state index contributed by atoms with van der Waals surface area (Å²) < 4.78 is 15.6. The van der Waals surface area contributed by atoms with Crippen molar-refractivity contribution >= 4 is 5.97 Å². The zero-order valence-corrected chi connectivity index (χ0v) is 9.11. The van der Waals surface area contributed by atoms with E-state index in [9.17, 15) is 4.79 Å². The van der Waals surface area contributed by atoms with Gasteiger partial charge in [0.2, 0.25) is 0 Å². The highest BCUT2D eigenvalue weighted by molar-refractivity contribution is 5.72. The summed E-state index contributed by atoms with van der Waals surface area (Å²) in [6, 6.07) is 0. The Labute approximate surface area is 89.9 Å². The smallest absolute Gasteiger partial charge is 0.309 e. The Morgan fingerprint density at radius 2 is 2.20 bits per heavy atom. The van der Waals surface area contributed by atoms with Crippen LogP contribution in [0.15, 0.2) is 0 Å². The highest BCUT2D eigenvalue weighted by Gasteiger charge is 2.46. The molecule has 0 spiro atoms. The molecule has 86 valence electrons. The van der Waals surface area contributed by atoms with Crippen molar-refractivity contribution in [2.75, 3.05) is 19.8 Å². The lowest BCUT2D eigenvalue weighted by atomic mass is 9.89. The molecule has 0 amide bonds. The van der Waals surface area contributed by atoms with E-state index in [0.717, 1.165) is 19.3 Å². The number of carbonyl (C=O) groups is 1. The van der Waals surface area contributed by atoms with Crippen LogP contribution in [0.3, 0.4) is 0 Å². The lowest BCUT2D eigenvalue weighted by Gasteiger charge is -2.17. The molecule has 1 aliphatic carbocycles. The molecule has 4 heteroatoms. The zero-order chi connectivity index (χ0) is 10.7. The lowest BCUT2D eigenvalue weighted by Crippen LogP contribution is -2.25. The fraction of sp³-hybridized carbons (Fsp3) is 0.909. The molecular weight excluding hydrogens is 196 g/mol. The Morgan fingerprint density at radius 3 is 2.93 bits per heavy atom. The number of hydrogen-bond acceptors (Lipinski definition) is 4. The maximum atomic E-state index is 11.6. The number of carbonyl (C=O) groups excluding carboxylic acids is 1. The van der Waals surface area contributed by atoms with Crippen molar-refractivity contribution in [2.24, 2.45) is 5.92 Å². The predicted molar refractivity (Wildman–Crippen MR) is 53.5 cm³/mol. The minimum absolute atomic E-state index is 0.0513. The van der Waals surface area contributed by atoms with Crippen LogP contribution in [0.4, 0.5) is 0 Å². The van der Waals surface area contributed by atoms with Crippen LogP contribution in [-0.4, -0.2) is 38.0 Å². The van der Waals surface area contributed by atoms with Gasteiger partial charge in [-0.05, 0) is 26.2 Å². The number of epoxide rings is 1. The SMILES string of the molecule is CCOCCOC(=O)C1CCC2OC2C1. The van der Waals surface area contributed by atoms with Crippen LogP contribution in [0.2, 0.25) is 0 Å². The zero-order valence-electron chi connectivity index (χ0n) is 9.11. The van der Waals surface area contributed by atoms with Crippen molar-refractivity contribution in [2.45, 2.75) is 38.4 Å². The Kier molecular flexibility index (Phi) is 3.59. The quantitative estimate of drug-likeness (QED) is 0.391. The van der Waals surface area contributed by atoms with E-state index in [4.69, 9.17) is 14.2 Å². The summed E-state index contributed by atoms with van der Waals surface area (Å²) >= 11 is 0. The Balaban J connectivity index is 1.62. The van der Waals surface area contributed by atoms with Gasteiger partial charge in [0.15, 0.2) is 0 Å². The maximum Gasteiger partial charge on any atom is 0.309 e. The second-order valence-corrected chi connectivity index (χ2v) is 4.09. The van der Waals surface area contributed by atoms with Gasteiger partial charge in [-0.15, -0.1) is 0 Å². The molecule has 1 aliphatic heterocycles. The second kappa shape index (κ2) is 4.94. The minimum atomic E-state index is -0.0800. The standard InChI is InChI=1S/C11H18O4/c1-2-13-5-6-14-11(12)8-3-4-9-10(7-8)15-9/h8-10H,2-7H2,1H3. The number of esters is 1. The molecule has 2 rings (SSSR count). The Bertz CT molecular complexity index is 229. The summed E-state index contributed by atoms with van der Waals surface area (Å²) in [5, 5.41) is 0. The van der Waals surface area contributed by atoms with Gasteiger partial charge in [0, 0.05) is 6.61 Å². The molecule has 2 fully saturated rings. The molecule has 0 aromatic heterocycles. The van der Waals surface area contributed by atoms with Crippen LogP contribution >= 0.6 is 0 Å². The fourth-order valence-electron chi connectivity index (χ4n) is 2.08. The minimum Gasteiger partial charge on any atom is -0.463 e. The predicted octanol–water partition coefficient (Wildman–Crippen LogP) is 1.13. The molecule has 1 saturated carbocycles. The van der Waals surface area contributed by atoms with Gasteiger partial charge in [-0.1, -0.05) is 0 Å². The third-order valence-corrected chi connectivity index (χ3v) is 3.01. The average Bonchev–Trinajstić information content (AvgIpc) is 3.01. The van der Waals surface area contributed by atoms with Crippen LogP contribution in [0, 0.1) is 5.92 Å². The van der Waals surface area contributed by atoms with E-state index >= 15 is 0 Å². The Morgan fingerprint density at radius 1 is 1.33 bits per heavy atom. The highest BCUT2D eigenvalue weighted by atomic mass is 16.6. The van der Waals surface area contributed by atoms with Crippen LogP contribution < -0.4 is 0 Å². The second-order valence-electron chi connectivity index (χ2n) is 4.09. The molecule has 2 aliphatic rings. The van der Waals surface area contributed by atoms with Crippen LogP contribution in [0.5, 0.6) is 0 Å². The third kappa shape index (κ3) is 2.92. The van der Waals surface area contributed by atoms with E-state index < -0.39 is 0 Å². The van der Waals surface area contributed by atoms with Crippen LogP contribution in [0.25, 0.3) is 0 Å². The van der Waals surface area contributed by atoms with Crippen LogP contribution in [-0.2, 0) is 19.0 Å². The van der Waals surface area contributed by atoms with Crippen molar-refractivity contribution in [3.8, 4) is 0 Å². The van der Waals surface area contributed by atoms with Gasteiger partial charge in [-0.2, -0.15) is 0 Å². The van der Waals surface area contributed by atoms with Gasteiger partial charge in [-0.25, -0.2) is 0 Å². The van der Waals surface area contributed by atoms with E-state index in [2.05, 4.69) is 0 Å². The maximum absolute atomic E-state index is 11.6. The first-order chi connectivity index (χ1) is 7.31. The molecule has 0 bridgehead atoms. The normalized spacial score (nSPS) is 33.3. The topological polar surface area (TPSA) is 48.1 Å². The summed E-state index contributed by atoms with van der Waals surface area (Å²) in [6.45, 7) is 3.46. The molecule has 1 saturated heterocycles. The summed E-state index contributed by atoms with van der Waals surface area (Å²) in [5.74, 6) is -0.0287. The molecule has 1 heterocycles. The molecule has 3 unspecified atom stereocenters. The molecule has 4 nitrogen and oxygen atoms in total. The van der Waals surface area contributed by atoms with E-state index in [1.165, 1.54) is 0 Å². The Hall–Kier alpha value is -0.610. The van der Waals surface area contributed by atoms with Crippen molar-refractivity contribution < 1.29 is 19.0 Å². The van der Waals surface area contributed by atoms with Crippen molar-refractivity contribution in [3.63, 3.8) is 0 Å². The molecule has 0 aromatic carbocycles. The third-order valence-electron chi connectivity index (χ3n) is 3.01. The van der Waals surface area contributed by atoms with Gasteiger partial charge < -0.3 is 14.2 Å². The summed E-state index contributed by atoms with van der Waals surface area (Å²) in [6.07, 6.45) is 3.54. The van der Waals surface area contributed by atoms with Gasteiger partial charge in [0.25, 0.3) is 0 Å². The van der Waals surface area contributed by atoms with Crippen molar-refractivity contribution in [1.82, 2.24) is 0 Å².